The molecule has 5 atom stereocenters. The summed E-state index contributed by atoms with van der Waals surface area (Å²) in [5.74, 6) is 2.63. The lowest BCUT2D eigenvalue weighted by atomic mass is 9.79. The Morgan fingerprint density at radius 1 is 1.20 bits per heavy atom. The average molecular weight is 230 g/mol. The fraction of sp³-hybridized carbons (Fsp3) is 0.917. The van der Waals surface area contributed by atoms with Gasteiger partial charge >= 0.3 is 0 Å². The standard InChI is InChI=1S/C12H22O2S/c1-6-15-12-9(4)7(2)8(3)11(14-12)10(5)13/h7-9,11-12H,6H2,1-5H3/t7-,8-,9?,11?,12-/m0/s1. The lowest BCUT2D eigenvalue weighted by molar-refractivity contribution is -0.146. The van der Waals surface area contributed by atoms with Crippen LogP contribution in [0, 0.1) is 17.8 Å². The van der Waals surface area contributed by atoms with Gasteiger partial charge in [0.05, 0.1) is 0 Å². The first-order chi connectivity index (χ1) is 6.99. The van der Waals surface area contributed by atoms with E-state index < -0.39 is 0 Å². The van der Waals surface area contributed by atoms with Crippen molar-refractivity contribution < 1.29 is 9.53 Å². The molecule has 1 saturated heterocycles. The van der Waals surface area contributed by atoms with Crippen LogP contribution in [0.4, 0.5) is 0 Å². The summed E-state index contributed by atoms with van der Waals surface area (Å²) in [4.78, 5) is 11.5. The number of carbonyl (C=O) groups excluding carboxylic acids is 1. The highest BCUT2D eigenvalue weighted by Gasteiger charge is 2.40. The molecule has 0 aromatic heterocycles. The monoisotopic (exact) mass is 230 g/mol. The number of hydrogen-bond acceptors (Lipinski definition) is 3. The second-order valence-corrected chi connectivity index (χ2v) is 5.94. The Hall–Kier alpha value is -0.0200. The molecule has 1 rings (SSSR count). The molecule has 0 N–H and O–H groups in total. The van der Waals surface area contributed by atoms with E-state index in [1.807, 2.05) is 11.8 Å². The van der Waals surface area contributed by atoms with Gasteiger partial charge in [-0.2, -0.15) is 0 Å². The number of hydrogen-bond donors (Lipinski definition) is 0. The zero-order chi connectivity index (χ0) is 11.6. The molecule has 0 aliphatic carbocycles. The third-order valence-electron chi connectivity index (χ3n) is 3.58. The Balaban J connectivity index is 2.75. The number of ether oxygens (including phenoxy) is 1. The summed E-state index contributed by atoms with van der Waals surface area (Å²) in [6.45, 7) is 10.4. The van der Waals surface area contributed by atoms with Gasteiger partial charge in [-0.25, -0.2) is 0 Å². The zero-order valence-electron chi connectivity index (χ0n) is 10.3. The highest BCUT2D eigenvalue weighted by Crippen LogP contribution is 2.39. The third kappa shape index (κ3) is 2.76. The van der Waals surface area contributed by atoms with Crippen molar-refractivity contribution in [3.05, 3.63) is 0 Å². The normalized spacial score (nSPS) is 41.5. The summed E-state index contributed by atoms with van der Waals surface area (Å²) < 4.78 is 5.90. The maximum Gasteiger partial charge on any atom is 0.158 e. The molecule has 2 nitrogen and oxygen atoms in total. The first kappa shape index (κ1) is 13.0. The van der Waals surface area contributed by atoms with Gasteiger partial charge in [0.1, 0.15) is 11.5 Å². The number of thioether (sulfide) groups is 1. The maximum atomic E-state index is 11.5. The van der Waals surface area contributed by atoms with Crippen molar-refractivity contribution in [3.63, 3.8) is 0 Å². The van der Waals surface area contributed by atoms with E-state index >= 15 is 0 Å². The molecule has 0 bridgehead atoms. The van der Waals surface area contributed by atoms with Gasteiger partial charge < -0.3 is 4.74 Å². The molecule has 0 spiro atoms. The minimum atomic E-state index is -0.194. The summed E-state index contributed by atoms with van der Waals surface area (Å²) in [5, 5.41) is 0. The van der Waals surface area contributed by atoms with Gasteiger partial charge in [-0.1, -0.05) is 27.7 Å². The van der Waals surface area contributed by atoms with E-state index in [0.29, 0.717) is 17.8 Å². The summed E-state index contributed by atoms with van der Waals surface area (Å²) in [6.07, 6.45) is -0.194. The van der Waals surface area contributed by atoms with Crippen molar-refractivity contribution in [3.8, 4) is 0 Å². The SMILES string of the molecule is CCS[C@@H]1OC(C(C)=O)[C@@H](C)[C@H](C)C1C. The molecule has 0 radical (unpaired) electrons. The van der Waals surface area contributed by atoms with E-state index in [0.717, 1.165) is 5.75 Å². The zero-order valence-corrected chi connectivity index (χ0v) is 11.1. The topological polar surface area (TPSA) is 26.3 Å². The number of Topliss-reactive ketones (excluding diaryl/α,β-unsaturated/α-hetero) is 1. The van der Waals surface area contributed by atoms with Gasteiger partial charge in [-0.05, 0) is 30.4 Å². The molecule has 1 heterocycles. The first-order valence-electron chi connectivity index (χ1n) is 5.76. The van der Waals surface area contributed by atoms with E-state index in [1.54, 1.807) is 6.92 Å². The van der Waals surface area contributed by atoms with E-state index in [-0.39, 0.29) is 17.3 Å². The van der Waals surface area contributed by atoms with Crippen LogP contribution in [0.5, 0.6) is 0 Å². The lowest BCUT2D eigenvalue weighted by Gasteiger charge is -2.42. The largest absolute Gasteiger partial charge is 0.356 e. The Labute approximate surface area is 97.1 Å². The van der Waals surface area contributed by atoms with Crippen LogP contribution in [0.1, 0.15) is 34.6 Å². The minimum Gasteiger partial charge on any atom is -0.356 e. The van der Waals surface area contributed by atoms with E-state index in [4.69, 9.17) is 4.74 Å². The fourth-order valence-corrected chi connectivity index (χ4v) is 3.29. The second kappa shape index (κ2) is 5.35. The van der Waals surface area contributed by atoms with Crippen LogP contribution in [-0.4, -0.2) is 23.1 Å². The molecule has 15 heavy (non-hydrogen) atoms. The van der Waals surface area contributed by atoms with Gasteiger partial charge in [0.25, 0.3) is 0 Å². The lowest BCUT2D eigenvalue weighted by Crippen LogP contribution is -2.46. The molecule has 0 aromatic carbocycles. The summed E-state index contributed by atoms with van der Waals surface area (Å²) >= 11 is 1.81. The molecule has 0 saturated carbocycles. The molecule has 2 unspecified atom stereocenters. The van der Waals surface area contributed by atoms with Crippen LogP contribution in [0.2, 0.25) is 0 Å². The molecule has 0 amide bonds. The summed E-state index contributed by atoms with van der Waals surface area (Å²) in [7, 11) is 0. The van der Waals surface area contributed by atoms with Crippen molar-refractivity contribution in [1.82, 2.24) is 0 Å². The Bertz CT molecular complexity index is 230. The third-order valence-corrected chi connectivity index (χ3v) is 4.78. The highest BCUT2D eigenvalue weighted by atomic mass is 32.2. The number of rotatable bonds is 3. The average Bonchev–Trinajstić information content (AvgIpc) is 2.18. The van der Waals surface area contributed by atoms with Crippen molar-refractivity contribution in [1.29, 1.82) is 0 Å². The Morgan fingerprint density at radius 2 is 1.80 bits per heavy atom. The van der Waals surface area contributed by atoms with E-state index in [2.05, 4.69) is 27.7 Å². The molecule has 88 valence electrons. The molecular formula is C12H22O2S. The molecule has 3 heteroatoms. The van der Waals surface area contributed by atoms with Crippen LogP contribution >= 0.6 is 11.8 Å². The van der Waals surface area contributed by atoms with Crippen LogP contribution in [0.15, 0.2) is 0 Å². The predicted molar refractivity (Wildman–Crippen MR) is 65.0 cm³/mol. The van der Waals surface area contributed by atoms with Crippen LogP contribution in [0.3, 0.4) is 0 Å². The van der Waals surface area contributed by atoms with E-state index in [1.165, 1.54) is 0 Å². The number of carbonyl (C=O) groups is 1. The quantitative estimate of drug-likeness (QED) is 0.745. The van der Waals surface area contributed by atoms with Gasteiger partial charge in [0.15, 0.2) is 5.78 Å². The fourth-order valence-electron chi connectivity index (χ4n) is 2.22. The highest BCUT2D eigenvalue weighted by molar-refractivity contribution is 7.99. The van der Waals surface area contributed by atoms with Gasteiger partial charge in [-0.3, -0.25) is 4.79 Å². The summed E-state index contributed by atoms with van der Waals surface area (Å²) in [6, 6.07) is 0. The first-order valence-corrected chi connectivity index (χ1v) is 6.81. The maximum absolute atomic E-state index is 11.5. The molecular weight excluding hydrogens is 208 g/mol. The molecule has 1 aliphatic heterocycles. The van der Waals surface area contributed by atoms with Crippen molar-refractivity contribution >= 4 is 17.5 Å². The van der Waals surface area contributed by atoms with Gasteiger partial charge in [0, 0.05) is 0 Å². The van der Waals surface area contributed by atoms with Crippen molar-refractivity contribution in [2.45, 2.75) is 46.2 Å². The second-order valence-electron chi connectivity index (χ2n) is 4.57. The summed E-state index contributed by atoms with van der Waals surface area (Å²) in [5.41, 5.74) is 0.190. The minimum absolute atomic E-state index is 0.169. The van der Waals surface area contributed by atoms with Gasteiger partial charge in [0.2, 0.25) is 0 Å². The Morgan fingerprint density at radius 3 is 2.27 bits per heavy atom. The van der Waals surface area contributed by atoms with Crippen LogP contribution in [0.25, 0.3) is 0 Å². The number of ketones is 1. The molecule has 0 aromatic rings. The molecule has 1 aliphatic rings. The smallest absolute Gasteiger partial charge is 0.158 e. The van der Waals surface area contributed by atoms with E-state index in [9.17, 15) is 4.79 Å². The van der Waals surface area contributed by atoms with Crippen LogP contribution < -0.4 is 0 Å². The van der Waals surface area contributed by atoms with Crippen molar-refractivity contribution in [2.24, 2.45) is 17.8 Å². The van der Waals surface area contributed by atoms with Crippen LogP contribution in [-0.2, 0) is 9.53 Å². The van der Waals surface area contributed by atoms with Gasteiger partial charge in [-0.15, -0.1) is 11.8 Å². The predicted octanol–water partition coefficient (Wildman–Crippen LogP) is 2.96. The Kier molecular flexibility index (Phi) is 4.65. The van der Waals surface area contributed by atoms with Crippen molar-refractivity contribution in [2.75, 3.05) is 5.75 Å². The molecule has 1 fully saturated rings.